The SMILES string of the molecule is CC1CCCNC1CC(=O)N(C)C1CCN(C)CC1. The van der Waals surface area contributed by atoms with Crippen LogP contribution in [-0.2, 0) is 4.79 Å². The van der Waals surface area contributed by atoms with Gasteiger partial charge in [0.25, 0.3) is 0 Å². The van der Waals surface area contributed by atoms with Crippen molar-refractivity contribution in [2.45, 2.75) is 51.1 Å². The fourth-order valence-corrected chi connectivity index (χ4v) is 3.31. The molecule has 1 amide bonds. The molecule has 2 aliphatic rings. The zero-order valence-corrected chi connectivity index (χ0v) is 12.7. The van der Waals surface area contributed by atoms with Gasteiger partial charge >= 0.3 is 0 Å². The molecule has 0 radical (unpaired) electrons. The molecule has 0 saturated carbocycles. The molecule has 0 aromatic rings. The molecule has 110 valence electrons. The average Bonchev–Trinajstić information content (AvgIpc) is 2.41. The summed E-state index contributed by atoms with van der Waals surface area (Å²) in [5.41, 5.74) is 0. The Morgan fingerprint density at radius 1 is 1.32 bits per heavy atom. The Kier molecular flexibility index (Phi) is 5.22. The van der Waals surface area contributed by atoms with E-state index in [1.807, 2.05) is 11.9 Å². The molecular formula is C15H29N3O. The highest BCUT2D eigenvalue weighted by Crippen LogP contribution is 2.20. The fraction of sp³-hybridized carbons (Fsp3) is 0.933. The zero-order chi connectivity index (χ0) is 13.8. The van der Waals surface area contributed by atoms with Gasteiger partial charge in [-0.25, -0.2) is 0 Å². The van der Waals surface area contributed by atoms with Gasteiger partial charge in [-0.2, -0.15) is 0 Å². The minimum Gasteiger partial charge on any atom is -0.343 e. The molecule has 2 heterocycles. The van der Waals surface area contributed by atoms with Crippen LogP contribution in [0.2, 0.25) is 0 Å². The van der Waals surface area contributed by atoms with Gasteiger partial charge in [0.15, 0.2) is 0 Å². The summed E-state index contributed by atoms with van der Waals surface area (Å²) in [6.07, 6.45) is 5.41. The summed E-state index contributed by atoms with van der Waals surface area (Å²) in [5.74, 6) is 0.949. The smallest absolute Gasteiger partial charge is 0.224 e. The number of carbonyl (C=O) groups is 1. The molecule has 0 aromatic carbocycles. The molecule has 1 N–H and O–H groups in total. The number of nitrogens with zero attached hydrogens (tertiary/aromatic N) is 2. The molecule has 0 bridgehead atoms. The lowest BCUT2D eigenvalue weighted by Crippen LogP contribution is -2.48. The van der Waals surface area contributed by atoms with Crippen LogP contribution >= 0.6 is 0 Å². The molecule has 2 rings (SSSR count). The summed E-state index contributed by atoms with van der Waals surface area (Å²) in [6.45, 7) is 5.56. The summed E-state index contributed by atoms with van der Waals surface area (Å²) >= 11 is 0. The number of rotatable bonds is 3. The first-order valence-electron chi connectivity index (χ1n) is 7.75. The van der Waals surface area contributed by atoms with E-state index in [9.17, 15) is 4.79 Å². The fourth-order valence-electron chi connectivity index (χ4n) is 3.31. The van der Waals surface area contributed by atoms with E-state index in [0.717, 1.165) is 32.5 Å². The Labute approximate surface area is 117 Å². The first-order chi connectivity index (χ1) is 9.08. The Morgan fingerprint density at radius 2 is 2.00 bits per heavy atom. The van der Waals surface area contributed by atoms with Gasteiger partial charge in [-0.1, -0.05) is 6.92 Å². The third-order valence-corrected chi connectivity index (χ3v) is 4.95. The Morgan fingerprint density at radius 3 is 2.63 bits per heavy atom. The lowest BCUT2D eigenvalue weighted by atomic mass is 9.90. The largest absolute Gasteiger partial charge is 0.343 e. The van der Waals surface area contributed by atoms with Gasteiger partial charge in [-0.3, -0.25) is 4.79 Å². The normalized spacial score (nSPS) is 30.3. The van der Waals surface area contributed by atoms with Crippen molar-refractivity contribution in [2.24, 2.45) is 5.92 Å². The van der Waals surface area contributed by atoms with Crippen molar-refractivity contribution in [3.8, 4) is 0 Å². The number of hydrogen-bond donors (Lipinski definition) is 1. The van der Waals surface area contributed by atoms with Gasteiger partial charge < -0.3 is 15.1 Å². The van der Waals surface area contributed by atoms with Crippen LogP contribution in [0.1, 0.15) is 39.0 Å². The van der Waals surface area contributed by atoms with Crippen molar-refractivity contribution in [1.82, 2.24) is 15.1 Å². The Bertz CT molecular complexity index is 300. The summed E-state index contributed by atoms with van der Waals surface area (Å²) < 4.78 is 0. The molecular weight excluding hydrogens is 238 g/mol. The van der Waals surface area contributed by atoms with Crippen LogP contribution in [0.4, 0.5) is 0 Å². The van der Waals surface area contributed by atoms with Crippen LogP contribution in [0.3, 0.4) is 0 Å². The maximum absolute atomic E-state index is 12.4. The van der Waals surface area contributed by atoms with E-state index in [2.05, 4.69) is 24.2 Å². The van der Waals surface area contributed by atoms with Gasteiger partial charge in [0.1, 0.15) is 0 Å². The van der Waals surface area contributed by atoms with E-state index in [1.54, 1.807) is 0 Å². The van der Waals surface area contributed by atoms with Crippen molar-refractivity contribution < 1.29 is 4.79 Å². The second kappa shape index (κ2) is 6.71. The minimum atomic E-state index is 0.320. The van der Waals surface area contributed by atoms with Gasteiger partial charge in [0.05, 0.1) is 0 Å². The number of piperidine rings is 2. The molecule has 0 spiro atoms. The molecule has 0 aliphatic carbocycles. The van der Waals surface area contributed by atoms with E-state index in [1.165, 1.54) is 12.8 Å². The second-order valence-corrected chi connectivity index (χ2v) is 6.42. The van der Waals surface area contributed by atoms with Crippen molar-refractivity contribution in [3.05, 3.63) is 0 Å². The predicted octanol–water partition coefficient (Wildman–Crippen LogP) is 1.32. The quantitative estimate of drug-likeness (QED) is 0.837. The van der Waals surface area contributed by atoms with Gasteiger partial charge in [0.2, 0.25) is 5.91 Å². The van der Waals surface area contributed by atoms with Gasteiger partial charge in [-0.05, 0) is 58.3 Å². The van der Waals surface area contributed by atoms with E-state index in [0.29, 0.717) is 30.3 Å². The molecule has 0 aromatic heterocycles. The van der Waals surface area contributed by atoms with Crippen molar-refractivity contribution in [2.75, 3.05) is 33.7 Å². The first kappa shape index (κ1) is 14.8. The minimum absolute atomic E-state index is 0.320. The van der Waals surface area contributed by atoms with E-state index in [4.69, 9.17) is 0 Å². The number of likely N-dealkylation sites (tertiary alicyclic amines) is 1. The van der Waals surface area contributed by atoms with E-state index >= 15 is 0 Å². The maximum atomic E-state index is 12.4. The third kappa shape index (κ3) is 3.93. The zero-order valence-electron chi connectivity index (χ0n) is 12.7. The van der Waals surface area contributed by atoms with Crippen LogP contribution in [-0.4, -0.2) is 61.5 Å². The van der Waals surface area contributed by atoms with Crippen molar-refractivity contribution >= 4 is 5.91 Å². The number of carbonyl (C=O) groups excluding carboxylic acids is 1. The molecule has 2 saturated heterocycles. The molecule has 2 aliphatic heterocycles. The predicted molar refractivity (Wildman–Crippen MR) is 78.1 cm³/mol. The molecule has 2 fully saturated rings. The first-order valence-corrected chi connectivity index (χ1v) is 7.75. The molecule has 4 heteroatoms. The Hall–Kier alpha value is -0.610. The van der Waals surface area contributed by atoms with Gasteiger partial charge in [0, 0.05) is 25.6 Å². The summed E-state index contributed by atoms with van der Waals surface area (Å²) in [6, 6.07) is 0.831. The summed E-state index contributed by atoms with van der Waals surface area (Å²) in [7, 11) is 4.15. The molecule has 2 unspecified atom stereocenters. The average molecular weight is 267 g/mol. The van der Waals surface area contributed by atoms with Gasteiger partial charge in [-0.15, -0.1) is 0 Å². The number of nitrogens with one attached hydrogen (secondary N) is 1. The Balaban J connectivity index is 1.81. The third-order valence-electron chi connectivity index (χ3n) is 4.95. The maximum Gasteiger partial charge on any atom is 0.224 e. The topological polar surface area (TPSA) is 35.6 Å². The second-order valence-electron chi connectivity index (χ2n) is 6.42. The molecule has 2 atom stereocenters. The standard InChI is InChI=1S/C15H29N3O/c1-12-5-4-8-16-14(12)11-15(19)18(3)13-6-9-17(2)10-7-13/h12-14,16H,4-11H2,1-3H3. The van der Waals surface area contributed by atoms with Crippen molar-refractivity contribution in [1.29, 1.82) is 0 Å². The van der Waals surface area contributed by atoms with Crippen LogP contribution in [0, 0.1) is 5.92 Å². The van der Waals surface area contributed by atoms with Crippen LogP contribution < -0.4 is 5.32 Å². The number of hydrogen-bond acceptors (Lipinski definition) is 3. The highest BCUT2D eigenvalue weighted by molar-refractivity contribution is 5.77. The van der Waals surface area contributed by atoms with Crippen molar-refractivity contribution in [3.63, 3.8) is 0 Å². The van der Waals surface area contributed by atoms with Crippen LogP contribution in [0.25, 0.3) is 0 Å². The summed E-state index contributed by atoms with van der Waals surface area (Å²) in [5, 5.41) is 3.51. The highest BCUT2D eigenvalue weighted by Gasteiger charge is 2.28. The lowest BCUT2D eigenvalue weighted by molar-refractivity contribution is -0.133. The lowest BCUT2D eigenvalue weighted by Gasteiger charge is -2.37. The highest BCUT2D eigenvalue weighted by atomic mass is 16.2. The number of amides is 1. The summed E-state index contributed by atoms with van der Waals surface area (Å²) in [4.78, 5) is 16.8. The molecule has 4 nitrogen and oxygen atoms in total. The monoisotopic (exact) mass is 267 g/mol. The molecule has 19 heavy (non-hydrogen) atoms. The van der Waals surface area contributed by atoms with E-state index in [-0.39, 0.29) is 0 Å². The van der Waals surface area contributed by atoms with E-state index < -0.39 is 0 Å². The van der Waals surface area contributed by atoms with Crippen LogP contribution in [0.5, 0.6) is 0 Å². The van der Waals surface area contributed by atoms with Crippen LogP contribution in [0.15, 0.2) is 0 Å².